The summed E-state index contributed by atoms with van der Waals surface area (Å²) in [6, 6.07) is 9.67. The van der Waals surface area contributed by atoms with Crippen molar-refractivity contribution in [1.82, 2.24) is 10.6 Å². The van der Waals surface area contributed by atoms with E-state index in [0.717, 1.165) is 12.8 Å². The summed E-state index contributed by atoms with van der Waals surface area (Å²) < 4.78 is 0. The van der Waals surface area contributed by atoms with Crippen LogP contribution in [-0.2, 0) is 16.0 Å². The van der Waals surface area contributed by atoms with Gasteiger partial charge in [-0.3, -0.25) is 9.59 Å². The number of amides is 2. The second kappa shape index (κ2) is 9.16. The fraction of sp³-hybridized carbons (Fsp3) is 0.529. The molecule has 1 atom stereocenters. The van der Waals surface area contributed by atoms with E-state index in [-0.39, 0.29) is 11.8 Å². The Bertz CT molecular complexity index is 443. The molecule has 0 bridgehead atoms. The Balaban J connectivity index is 2.37. The number of carbonyl (C=O) groups excluding carboxylic acids is 2. The van der Waals surface area contributed by atoms with Gasteiger partial charge in [-0.2, -0.15) is 0 Å². The second-order valence-corrected chi connectivity index (χ2v) is 5.70. The van der Waals surface area contributed by atoms with Crippen molar-refractivity contribution in [3.8, 4) is 0 Å². The number of benzene rings is 1. The van der Waals surface area contributed by atoms with Crippen LogP contribution in [-0.4, -0.2) is 24.9 Å². The van der Waals surface area contributed by atoms with Crippen LogP contribution in [0.2, 0.25) is 0 Å². The molecule has 0 spiro atoms. The zero-order chi connectivity index (χ0) is 15.7. The zero-order valence-corrected chi connectivity index (χ0v) is 13.2. The van der Waals surface area contributed by atoms with E-state index >= 15 is 0 Å². The molecular formula is C17H26N2O2. The van der Waals surface area contributed by atoms with Gasteiger partial charge in [0.1, 0.15) is 6.04 Å². The highest BCUT2D eigenvalue weighted by Gasteiger charge is 2.20. The van der Waals surface area contributed by atoms with Crippen molar-refractivity contribution in [3.63, 3.8) is 0 Å². The van der Waals surface area contributed by atoms with Crippen molar-refractivity contribution in [2.75, 3.05) is 7.05 Å². The van der Waals surface area contributed by atoms with E-state index in [1.54, 1.807) is 7.05 Å². The molecule has 0 heterocycles. The van der Waals surface area contributed by atoms with E-state index in [2.05, 4.69) is 22.8 Å². The normalized spacial score (nSPS) is 12.0. The number of hydrogen-bond acceptors (Lipinski definition) is 2. The smallest absolute Gasteiger partial charge is 0.242 e. The van der Waals surface area contributed by atoms with Crippen LogP contribution < -0.4 is 10.6 Å². The molecule has 1 aromatic rings. The summed E-state index contributed by atoms with van der Waals surface area (Å²) in [7, 11) is 1.59. The van der Waals surface area contributed by atoms with E-state index in [9.17, 15) is 9.59 Å². The van der Waals surface area contributed by atoms with Crippen LogP contribution in [0.4, 0.5) is 0 Å². The Hall–Kier alpha value is -1.84. The van der Waals surface area contributed by atoms with Crippen molar-refractivity contribution in [2.24, 2.45) is 5.92 Å². The maximum Gasteiger partial charge on any atom is 0.242 e. The van der Waals surface area contributed by atoms with Gasteiger partial charge in [-0.25, -0.2) is 0 Å². The molecule has 4 heteroatoms. The number of likely N-dealkylation sites (N-methyl/N-ethyl adjacent to an activating group) is 1. The third-order valence-electron chi connectivity index (χ3n) is 3.32. The number of carbonyl (C=O) groups is 2. The third kappa shape index (κ3) is 6.93. The van der Waals surface area contributed by atoms with Gasteiger partial charge in [0.15, 0.2) is 0 Å². The maximum atomic E-state index is 12.0. The fourth-order valence-corrected chi connectivity index (χ4v) is 2.24. The maximum absolute atomic E-state index is 12.0. The molecule has 0 aliphatic heterocycles. The quantitative estimate of drug-likeness (QED) is 0.771. The Morgan fingerprint density at radius 1 is 1.14 bits per heavy atom. The van der Waals surface area contributed by atoms with E-state index < -0.39 is 6.04 Å². The predicted octanol–water partition coefficient (Wildman–Crippen LogP) is 2.29. The monoisotopic (exact) mass is 290 g/mol. The fourth-order valence-electron chi connectivity index (χ4n) is 2.24. The van der Waals surface area contributed by atoms with Gasteiger partial charge in [0.25, 0.3) is 0 Å². The predicted molar refractivity (Wildman–Crippen MR) is 84.8 cm³/mol. The van der Waals surface area contributed by atoms with Crippen LogP contribution in [0.3, 0.4) is 0 Å². The molecular weight excluding hydrogens is 264 g/mol. The standard InChI is InChI=1S/C17H26N2O2/c1-13(2)12-15(17(21)18-3)19-16(20)11-7-10-14-8-5-4-6-9-14/h4-6,8-9,13,15H,7,10-12H2,1-3H3,(H,18,21)(H,19,20)/t15-/m1/s1. The lowest BCUT2D eigenvalue weighted by Crippen LogP contribution is -2.46. The van der Waals surface area contributed by atoms with E-state index in [4.69, 9.17) is 0 Å². The summed E-state index contributed by atoms with van der Waals surface area (Å²) >= 11 is 0. The summed E-state index contributed by atoms with van der Waals surface area (Å²) in [6.45, 7) is 4.08. The minimum Gasteiger partial charge on any atom is -0.357 e. The molecule has 0 unspecified atom stereocenters. The lowest BCUT2D eigenvalue weighted by Gasteiger charge is -2.19. The summed E-state index contributed by atoms with van der Waals surface area (Å²) in [5.41, 5.74) is 1.23. The van der Waals surface area contributed by atoms with Crippen molar-refractivity contribution in [1.29, 1.82) is 0 Å². The molecule has 0 saturated heterocycles. The van der Waals surface area contributed by atoms with E-state index in [1.807, 2.05) is 32.0 Å². The average molecular weight is 290 g/mol. The van der Waals surface area contributed by atoms with Crippen LogP contribution in [0, 0.1) is 5.92 Å². The molecule has 0 aliphatic carbocycles. The average Bonchev–Trinajstić information content (AvgIpc) is 2.46. The van der Waals surface area contributed by atoms with Gasteiger partial charge in [-0.1, -0.05) is 44.2 Å². The number of rotatable bonds is 8. The zero-order valence-electron chi connectivity index (χ0n) is 13.2. The number of nitrogens with one attached hydrogen (secondary N) is 2. The first kappa shape index (κ1) is 17.2. The molecule has 116 valence electrons. The van der Waals surface area contributed by atoms with Gasteiger partial charge < -0.3 is 10.6 Å². The van der Waals surface area contributed by atoms with Gasteiger partial charge in [0, 0.05) is 13.5 Å². The SMILES string of the molecule is CNC(=O)[C@@H](CC(C)C)NC(=O)CCCc1ccccc1. The third-order valence-corrected chi connectivity index (χ3v) is 3.32. The van der Waals surface area contributed by atoms with Crippen LogP contribution in [0.15, 0.2) is 30.3 Å². The topological polar surface area (TPSA) is 58.2 Å². The van der Waals surface area contributed by atoms with Gasteiger partial charge in [0.05, 0.1) is 0 Å². The molecule has 4 nitrogen and oxygen atoms in total. The highest BCUT2D eigenvalue weighted by Crippen LogP contribution is 2.07. The van der Waals surface area contributed by atoms with Crippen molar-refractivity contribution in [3.05, 3.63) is 35.9 Å². The summed E-state index contributed by atoms with van der Waals surface area (Å²) in [5, 5.41) is 5.44. The molecule has 0 fully saturated rings. The summed E-state index contributed by atoms with van der Waals surface area (Å²) in [5.74, 6) is 0.178. The second-order valence-electron chi connectivity index (χ2n) is 5.70. The highest BCUT2D eigenvalue weighted by molar-refractivity contribution is 5.87. The molecule has 1 aromatic carbocycles. The van der Waals surface area contributed by atoms with Crippen LogP contribution >= 0.6 is 0 Å². The number of aryl methyl sites for hydroxylation is 1. The van der Waals surface area contributed by atoms with Gasteiger partial charge in [-0.05, 0) is 30.7 Å². The molecule has 0 saturated carbocycles. The molecule has 0 aromatic heterocycles. The van der Waals surface area contributed by atoms with Crippen molar-refractivity contribution >= 4 is 11.8 Å². The Morgan fingerprint density at radius 3 is 2.38 bits per heavy atom. The first-order valence-electron chi connectivity index (χ1n) is 7.57. The summed E-state index contributed by atoms with van der Waals surface area (Å²) in [6.07, 6.45) is 2.77. The van der Waals surface area contributed by atoms with Gasteiger partial charge >= 0.3 is 0 Å². The van der Waals surface area contributed by atoms with Crippen LogP contribution in [0.5, 0.6) is 0 Å². The van der Waals surface area contributed by atoms with Gasteiger partial charge in [0.2, 0.25) is 11.8 Å². The minimum absolute atomic E-state index is 0.0554. The minimum atomic E-state index is -0.431. The molecule has 0 aliphatic rings. The molecule has 2 N–H and O–H groups in total. The van der Waals surface area contributed by atoms with Gasteiger partial charge in [-0.15, -0.1) is 0 Å². The molecule has 2 amide bonds. The van der Waals surface area contributed by atoms with Crippen molar-refractivity contribution < 1.29 is 9.59 Å². The van der Waals surface area contributed by atoms with Crippen LogP contribution in [0.1, 0.15) is 38.7 Å². The van der Waals surface area contributed by atoms with Crippen molar-refractivity contribution in [2.45, 2.75) is 45.6 Å². The first-order chi connectivity index (χ1) is 10.0. The van der Waals surface area contributed by atoms with E-state index in [1.165, 1.54) is 5.56 Å². The molecule has 21 heavy (non-hydrogen) atoms. The Kier molecular flexibility index (Phi) is 7.51. The lowest BCUT2D eigenvalue weighted by molar-refractivity contribution is -0.129. The first-order valence-corrected chi connectivity index (χ1v) is 7.57. The Labute approximate surface area is 127 Å². The molecule has 1 rings (SSSR count). The Morgan fingerprint density at radius 2 is 1.81 bits per heavy atom. The highest BCUT2D eigenvalue weighted by atomic mass is 16.2. The van der Waals surface area contributed by atoms with Crippen LogP contribution in [0.25, 0.3) is 0 Å². The largest absolute Gasteiger partial charge is 0.357 e. The lowest BCUT2D eigenvalue weighted by atomic mass is 10.0. The summed E-state index contributed by atoms with van der Waals surface area (Å²) in [4.78, 5) is 23.7. The molecule has 0 radical (unpaired) electrons. The number of hydrogen-bond donors (Lipinski definition) is 2. The van der Waals surface area contributed by atoms with E-state index in [0.29, 0.717) is 18.8 Å².